The van der Waals surface area contributed by atoms with Gasteiger partial charge in [0.05, 0.1) is 0 Å². The molecule has 0 saturated carbocycles. The Bertz CT molecular complexity index is 422. The number of hydrogen-bond acceptors (Lipinski definition) is 5. The highest BCUT2D eigenvalue weighted by atomic mass is 16.1. The minimum absolute atomic E-state index is 0.270. The van der Waals surface area contributed by atoms with E-state index in [2.05, 4.69) is 34.4 Å². The number of carbonyl (C=O) groups excluding carboxylic acids is 1. The number of nitrogens with zero attached hydrogens (tertiary/aromatic N) is 2. The molecule has 1 aromatic heterocycles. The maximum atomic E-state index is 10.7. The summed E-state index contributed by atoms with van der Waals surface area (Å²) in [6.07, 6.45) is 5.67. The van der Waals surface area contributed by atoms with Crippen molar-refractivity contribution in [3.05, 3.63) is 11.9 Å². The van der Waals surface area contributed by atoms with Gasteiger partial charge in [0.25, 0.3) is 0 Å². The molecule has 0 atom stereocenters. The number of primary amides is 1. The highest BCUT2D eigenvalue weighted by molar-refractivity contribution is 5.73. The highest BCUT2D eigenvalue weighted by Gasteiger charge is 2.10. The van der Waals surface area contributed by atoms with Gasteiger partial charge in [-0.3, -0.25) is 4.79 Å². The number of rotatable bonds is 10. The number of aromatic nitrogens is 2. The van der Waals surface area contributed by atoms with Gasteiger partial charge in [-0.25, -0.2) is 9.97 Å². The molecular formula is C14H25N5O. The van der Waals surface area contributed by atoms with Crippen molar-refractivity contribution in [1.29, 1.82) is 0 Å². The maximum absolute atomic E-state index is 10.7. The lowest BCUT2D eigenvalue weighted by atomic mass is 10.1. The zero-order valence-corrected chi connectivity index (χ0v) is 12.4. The first-order valence-electron chi connectivity index (χ1n) is 7.28. The molecule has 0 bridgehead atoms. The lowest BCUT2D eigenvalue weighted by Gasteiger charge is -2.14. The molecule has 6 heteroatoms. The van der Waals surface area contributed by atoms with E-state index in [-0.39, 0.29) is 5.91 Å². The molecule has 0 fully saturated rings. The summed E-state index contributed by atoms with van der Waals surface area (Å²) < 4.78 is 0. The van der Waals surface area contributed by atoms with Gasteiger partial charge in [-0.15, -0.1) is 0 Å². The largest absolute Gasteiger partial charge is 0.370 e. The lowest BCUT2D eigenvalue weighted by Crippen LogP contribution is -2.14. The molecule has 0 aliphatic heterocycles. The second-order valence-electron chi connectivity index (χ2n) is 4.72. The zero-order chi connectivity index (χ0) is 14.8. The second kappa shape index (κ2) is 9.12. The van der Waals surface area contributed by atoms with Crippen molar-refractivity contribution in [3.8, 4) is 0 Å². The van der Waals surface area contributed by atoms with Crippen molar-refractivity contribution in [2.75, 3.05) is 23.7 Å². The van der Waals surface area contributed by atoms with E-state index < -0.39 is 0 Å². The molecule has 1 aromatic rings. The van der Waals surface area contributed by atoms with E-state index in [1.807, 2.05) is 0 Å². The van der Waals surface area contributed by atoms with E-state index in [1.54, 1.807) is 6.33 Å². The van der Waals surface area contributed by atoms with Crippen LogP contribution in [0.4, 0.5) is 11.6 Å². The van der Waals surface area contributed by atoms with Gasteiger partial charge >= 0.3 is 0 Å². The predicted octanol–water partition coefficient (Wildman–Crippen LogP) is 1.93. The SMILES string of the molecule is CCCNc1ncnc(NCCCC(N)=O)c1CCC. The topological polar surface area (TPSA) is 92.9 Å². The summed E-state index contributed by atoms with van der Waals surface area (Å²) in [6.45, 7) is 5.84. The van der Waals surface area contributed by atoms with Gasteiger partial charge in [0, 0.05) is 25.1 Å². The molecular weight excluding hydrogens is 254 g/mol. The average Bonchev–Trinajstić information content (AvgIpc) is 2.43. The van der Waals surface area contributed by atoms with Gasteiger partial charge in [0.1, 0.15) is 18.0 Å². The van der Waals surface area contributed by atoms with Crippen molar-refractivity contribution in [2.45, 2.75) is 46.0 Å². The molecule has 1 amide bonds. The van der Waals surface area contributed by atoms with E-state index in [9.17, 15) is 4.79 Å². The van der Waals surface area contributed by atoms with Crippen LogP contribution >= 0.6 is 0 Å². The van der Waals surface area contributed by atoms with Crippen LogP contribution in [0.3, 0.4) is 0 Å². The first-order valence-corrected chi connectivity index (χ1v) is 7.28. The molecule has 0 saturated heterocycles. The quantitative estimate of drug-likeness (QED) is 0.569. The molecule has 0 spiro atoms. The summed E-state index contributed by atoms with van der Waals surface area (Å²) in [6, 6.07) is 0. The summed E-state index contributed by atoms with van der Waals surface area (Å²) in [5, 5.41) is 6.60. The molecule has 112 valence electrons. The summed E-state index contributed by atoms with van der Waals surface area (Å²) in [4.78, 5) is 19.3. The smallest absolute Gasteiger partial charge is 0.217 e. The normalized spacial score (nSPS) is 10.3. The van der Waals surface area contributed by atoms with Crippen LogP contribution in [-0.4, -0.2) is 29.0 Å². The summed E-state index contributed by atoms with van der Waals surface area (Å²) >= 11 is 0. The van der Waals surface area contributed by atoms with E-state index in [0.29, 0.717) is 19.4 Å². The van der Waals surface area contributed by atoms with Gasteiger partial charge in [-0.1, -0.05) is 20.3 Å². The second-order valence-corrected chi connectivity index (χ2v) is 4.72. The lowest BCUT2D eigenvalue weighted by molar-refractivity contribution is -0.118. The Hall–Kier alpha value is -1.85. The van der Waals surface area contributed by atoms with Crippen LogP contribution in [-0.2, 0) is 11.2 Å². The number of carbonyl (C=O) groups is 1. The highest BCUT2D eigenvalue weighted by Crippen LogP contribution is 2.21. The van der Waals surface area contributed by atoms with E-state index >= 15 is 0 Å². The summed E-state index contributed by atoms with van der Waals surface area (Å²) in [7, 11) is 0. The minimum Gasteiger partial charge on any atom is -0.370 e. The summed E-state index contributed by atoms with van der Waals surface area (Å²) in [5.41, 5.74) is 6.24. The molecule has 0 unspecified atom stereocenters. The Kier molecular flexibility index (Phi) is 7.39. The number of amides is 1. The zero-order valence-electron chi connectivity index (χ0n) is 12.4. The molecule has 0 aliphatic carbocycles. The van der Waals surface area contributed by atoms with E-state index in [4.69, 9.17) is 5.73 Å². The molecule has 6 nitrogen and oxygen atoms in total. The third-order valence-corrected chi connectivity index (χ3v) is 2.88. The monoisotopic (exact) mass is 279 g/mol. The Morgan fingerprint density at radius 2 is 1.80 bits per heavy atom. The van der Waals surface area contributed by atoms with Gasteiger partial charge < -0.3 is 16.4 Å². The third kappa shape index (κ3) is 5.42. The fraction of sp³-hybridized carbons (Fsp3) is 0.643. The third-order valence-electron chi connectivity index (χ3n) is 2.88. The van der Waals surface area contributed by atoms with Gasteiger partial charge in [-0.2, -0.15) is 0 Å². The van der Waals surface area contributed by atoms with Crippen molar-refractivity contribution in [2.24, 2.45) is 5.73 Å². The van der Waals surface area contributed by atoms with Gasteiger partial charge in [0.15, 0.2) is 0 Å². The Morgan fingerprint density at radius 3 is 2.35 bits per heavy atom. The van der Waals surface area contributed by atoms with Crippen LogP contribution in [0.2, 0.25) is 0 Å². The molecule has 4 N–H and O–H groups in total. The minimum atomic E-state index is -0.270. The van der Waals surface area contributed by atoms with Crippen molar-refractivity contribution >= 4 is 17.5 Å². The number of anilines is 2. The number of nitrogens with one attached hydrogen (secondary N) is 2. The molecule has 0 radical (unpaired) electrons. The molecule has 0 aliphatic rings. The Labute approximate surface area is 120 Å². The van der Waals surface area contributed by atoms with Crippen LogP contribution in [0.25, 0.3) is 0 Å². The Balaban J connectivity index is 2.69. The van der Waals surface area contributed by atoms with Crippen LogP contribution in [0, 0.1) is 0 Å². The average molecular weight is 279 g/mol. The maximum Gasteiger partial charge on any atom is 0.217 e. The van der Waals surface area contributed by atoms with Crippen LogP contribution < -0.4 is 16.4 Å². The standard InChI is InChI=1S/C14H25N5O/c1-3-6-11-13(16-8-4-2)18-10-19-14(11)17-9-5-7-12(15)20/h10H,3-9H2,1-2H3,(H2,15,20)(H2,16,17,18,19). The molecule has 0 aromatic carbocycles. The van der Waals surface area contributed by atoms with Crippen LogP contribution in [0.5, 0.6) is 0 Å². The van der Waals surface area contributed by atoms with Gasteiger partial charge in [-0.05, 0) is 19.3 Å². The molecule has 20 heavy (non-hydrogen) atoms. The Morgan fingerprint density at radius 1 is 1.15 bits per heavy atom. The van der Waals surface area contributed by atoms with Crippen LogP contribution in [0.15, 0.2) is 6.33 Å². The predicted molar refractivity (Wildman–Crippen MR) is 81.7 cm³/mol. The van der Waals surface area contributed by atoms with E-state index in [1.165, 1.54) is 0 Å². The summed E-state index contributed by atoms with van der Waals surface area (Å²) in [5.74, 6) is 1.49. The molecule has 1 rings (SSSR count). The first kappa shape index (κ1) is 16.2. The fourth-order valence-electron chi connectivity index (χ4n) is 1.92. The number of nitrogens with two attached hydrogens (primary N) is 1. The number of hydrogen-bond donors (Lipinski definition) is 3. The van der Waals surface area contributed by atoms with Crippen molar-refractivity contribution in [3.63, 3.8) is 0 Å². The van der Waals surface area contributed by atoms with Crippen LogP contribution in [0.1, 0.15) is 45.1 Å². The fourth-order valence-corrected chi connectivity index (χ4v) is 1.92. The van der Waals surface area contributed by atoms with E-state index in [0.717, 1.165) is 43.0 Å². The molecule has 1 heterocycles. The van der Waals surface area contributed by atoms with Gasteiger partial charge in [0.2, 0.25) is 5.91 Å². The van der Waals surface area contributed by atoms with Crippen molar-refractivity contribution < 1.29 is 4.79 Å². The first-order chi connectivity index (χ1) is 9.69. The van der Waals surface area contributed by atoms with Crippen molar-refractivity contribution in [1.82, 2.24) is 9.97 Å².